The van der Waals surface area contributed by atoms with E-state index in [-0.39, 0.29) is 5.56 Å². The van der Waals surface area contributed by atoms with Gasteiger partial charge in [0.05, 0.1) is 6.61 Å². The summed E-state index contributed by atoms with van der Waals surface area (Å²) < 4.78 is 26.9. The van der Waals surface area contributed by atoms with E-state index >= 15 is 0 Å². The van der Waals surface area contributed by atoms with Crippen molar-refractivity contribution in [3.05, 3.63) is 30.1 Å². The summed E-state index contributed by atoms with van der Waals surface area (Å²) in [7, 11) is -3.23. The highest BCUT2D eigenvalue weighted by Gasteiger charge is 2.49. The Morgan fingerprint density at radius 3 is 2.78 bits per heavy atom. The number of nitrogens with zero attached hydrogens (tertiary/aromatic N) is 1. The molecule has 1 aromatic rings. The maximum absolute atomic E-state index is 11.3. The Balaban J connectivity index is 2.12. The molecule has 1 saturated heterocycles. The maximum atomic E-state index is 11.3. The summed E-state index contributed by atoms with van der Waals surface area (Å²) in [6.45, 7) is -0.466. The Morgan fingerprint density at radius 1 is 1.48 bits per heavy atom. The molecule has 1 aromatic heterocycles. The molecule has 0 saturated carbocycles. The van der Waals surface area contributed by atoms with E-state index in [2.05, 4.69) is 9.05 Å². The smallest absolute Gasteiger partial charge is 0.387 e. The molecule has 0 aromatic carbocycles. The number of rotatable bonds is 6. The van der Waals surface area contributed by atoms with Crippen LogP contribution in [0, 0.1) is 0 Å². The largest absolute Gasteiger partial charge is 0.472 e. The van der Waals surface area contributed by atoms with Gasteiger partial charge in [0.25, 0.3) is 12.1 Å². The molecule has 0 bridgehead atoms. The van der Waals surface area contributed by atoms with E-state index in [1.807, 2.05) is 0 Å². The van der Waals surface area contributed by atoms with Gasteiger partial charge in [0.15, 0.2) is 18.5 Å². The summed E-state index contributed by atoms with van der Waals surface area (Å²) in [6, 6.07) is 3.01. The molecule has 11 heteroatoms. The van der Waals surface area contributed by atoms with Crippen molar-refractivity contribution >= 4 is 13.7 Å². The highest BCUT2D eigenvalue weighted by atomic mass is 31.2. The topological polar surface area (TPSA) is 152 Å². The normalized spacial score (nSPS) is 30.1. The van der Waals surface area contributed by atoms with E-state index in [0.717, 1.165) is 7.11 Å². The SMILES string of the molecule is COP(=O)(O)OCC1OC([n+]2cccc(C(N)=O)c2)[C@H](O)[C@@H]1O. The lowest BCUT2D eigenvalue weighted by atomic mass is 10.1. The van der Waals surface area contributed by atoms with Crippen molar-refractivity contribution in [2.75, 3.05) is 13.7 Å². The van der Waals surface area contributed by atoms with Gasteiger partial charge in [0.1, 0.15) is 17.8 Å². The third-order valence-corrected chi connectivity index (χ3v) is 4.31. The van der Waals surface area contributed by atoms with E-state index in [1.54, 1.807) is 0 Å². The molecule has 1 fully saturated rings. The molecule has 23 heavy (non-hydrogen) atoms. The molecular formula is C12H18N2O8P+. The number of aliphatic hydroxyl groups excluding tert-OH is 2. The molecule has 5 N–H and O–H groups in total. The number of ether oxygens (including phenoxy) is 1. The number of amides is 1. The molecule has 2 heterocycles. The van der Waals surface area contributed by atoms with Crippen molar-refractivity contribution in [1.29, 1.82) is 0 Å². The predicted octanol–water partition coefficient (Wildman–Crippen LogP) is -1.54. The summed E-state index contributed by atoms with van der Waals surface area (Å²) in [5.41, 5.74) is 5.38. The monoisotopic (exact) mass is 349 g/mol. The molecule has 128 valence electrons. The van der Waals surface area contributed by atoms with Crippen LogP contribution in [0.1, 0.15) is 16.6 Å². The number of phosphoric acid groups is 1. The molecule has 3 unspecified atom stereocenters. The van der Waals surface area contributed by atoms with Gasteiger partial charge in [-0.25, -0.2) is 4.57 Å². The molecule has 1 aliphatic rings. The minimum absolute atomic E-state index is 0.191. The van der Waals surface area contributed by atoms with E-state index in [4.69, 9.17) is 10.5 Å². The van der Waals surface area contributed by atoms with Crippen molar-refractivity contribution in [1.82, 2.24) is 0 Å². The lowest BCUT2D eigenvalue weighted by Crippen LogP contribution is -2.46. The van der Waals surface area contributed by atoms with Crippen molar-refractivity contribution in [2.45, 2.75) is 24.5 Å². The number of nitrogens with two attached hydrogens (primary N) is 1. The lowest BCUT2D eigenvalue weighted by Gasteiger charge is -2.15. The summed E-state index contributed by atoms with van der Waals surface area (Å²) in [5, 5.41) is 20.0. The fraction of sp³-hybridized carbons (Fsp3) is 0.500. The average molecular weight is 349 g/mol. The van der Waals surface area contributed by atoms with Gasteiger partial charge in [-0.05, 0) is 6.07 Å². The zero-order valence-electron chi connectivity index (χ0n) is 12.2. The van der Waals surface area contributed by atoms with Gasteiger partial charge < -0.3 is 25.6 Å². The molecule has 0 spiro atoms. The van der Waals surface area contributed by atoms with Gasteiger partial charge in [-0.15, -0.1) is 0 Å². The molecule has 0 aliphatic carbocycles. The maximum Gasteiger partial charge on any atom is 0.472 e. The van der Waals surface area contributed by atoms with Gasteiger partial charge in [0.2, 0.25) is 0 Å². The molecule has 1 amide bonds. The first-order chi connectivity index (χ1) is 10.7. The van der Waals surface area contributed by atoms with Crippen LogP contribution < -0.4 is 10.3 Å². The molecule has 1 aliphatic heterocycles. The minimum Gasteiger partial charge on any atom is -0.387 e. The number of carbonyl (C=O) groups excluding carboxylic acids is 1. The number of carbonyl (C=O) groups is 1. The van der Waals surface area contributed by atoms with Crippen LogP contribution in [0.2, 0.25) is 0 Å². The van der Waals surface area contributed by atoms with Gasteiger partial charge in [-0.2, -0.15) is 4.57 Å². The molecule has 5 atom stereocenters. The number of aliphatic hydroxyl groups is 2. The number of phosphoric ester groups is 1. The number of hydrogen-bond donors (Lipinski definition) is 4. The zero-order chi connectivity index (χ0) is 17.2. The standard InChI is InChI=1S/C12H17N2O8P/c1-20-23(18,19)21-6-8-9(15)10(16)12(22-8)14-4-2-3-7(5-14)11(13)17/h2-5,8-10,12,15-16H,6H2,1H3,(H2-,13,17,18,19)/p+1/t8?,9-,10-,12?/m1/s1. The fourth-order valence-electron chi connectivity index (χ4n) is 2.13. The number of aromatic nitrogens is 1. The minimum atomic E-state index is -4.23. The van der Waals surface area contributed by atoms with Gasteiger partial charge in [-0.1, -0.05) is 0 Å². The van der Waals surface area contributed by atoms with Crippen molar-refractivity contribution in [3.8, 4) is 0 Å². The molecular weight excluding hydrogens is 331 g/mol. The Labute approximate surface area is 131 Å². The van der Waals surface area contributed by atoms with Crippen LogP contribution in [0.3, 0.4) is 0 Å². The third-order valence-electron chi connectivity index (χ3n) is 3.37. The van der Waals surface area contributed by atoms with Crippen LogP contribution >= 0.6 is 7.82 Å². The van der Waals surface area contributed by atoms with Crippen LogP contribution in [0.5, 0.6) is 0 Å². The first-order valence-corrected chi connectivity index (χ1v) is 8.10. The number of hydrogen-bond acceptors (Lipinski definition) is 7. The van der Waals surface area contributed by atoms with Crippen LogP contribution in [0.4, 0.5) is 0 Å². The summed E-state index contributed by atoms with van der Waals surface area (Å²) in [4.78, 5) is 20.4. The average Bonchev–Trinajstić information content (AvgIpc) is 2.81. The van der Waals surface area contributed by atoms with E-state index in [9.17, 15) is 24.5 Å². The highest BCUT2D eigenvalue weighted by Crippen LogP contribution is 2.42. The van der Waals surface area contributed by atoms with Crippen molar-refractivity contribution in [2.24, 2.45) is 5.73 Å². The Morgan fingerprint density at radius 2 is 2.17 bits per heavy atom. The second-order valence-corrected chi connectivity index (χ2v) is 6.46. The van der Waals surface area contributed by atoms with Crippen molar-refractivity contribution < 1.29 is 42.8 Å². The highest BCUT2D eigenvalue weighted by molar-refractivity contribution is 7.47. The van der Waals surface area contributed by atoms with Gasteiger partial charge in [-0.3, -0.25) is 13.8 Å². The summed E-state index contributed by atoms with van der Waals surface area (Å²) in [5.74, 6) is -0.659. The number of primary amides is 1. The van der Waals surface area contributed by atoms with Crippen molar-refractivity contribution in [3.63, 3.8) is 0 Å². The Hall–Kier alpha value is -1.39. The zero-order valence-corrected chi connectivity index (χ0v) is 13.1. The number of pyridine rings is 1. The molecule has 10 nitrogen and oxygen atoms in total. The first kappa shape index (κ1) is 18.0. The summed E-state index contributed by atoms with van der Waals surface area (Å²) in [6.07, 6.45) is -1.89. The fourth-order valence-corrected chi connectivity index (χ4v) is 2.57. The van der Waals surface area contributed by atoms with Gasteiger partial charge >= 0.3 is 7.82 Å². The lowest BCUT2D eigenvalue weighted by molar-refractivity contribution is -0.765. The first-order valence-electron chi connectivity index (χ1n) is 6.60. The second-order valence-electron chi connectivity index (χ2n) is 4.90. The third kappa shape index (κ3) is 4.12. The summed E-state index contributed by atoms with van der Waals surface area (Å²) >= 11 is 0. The van der Waals surface area contributed by atoms with Crippen LogP contribution in [0.15, 0.2) is 24.5 Å². The van der Waals surface area contributed by atoms with Gasteiger partial charge in [0, 0.05) is 13.2 Å². The van der Waals surface area contributed by atoms with Crippen LogP contribution in [-0.2, 0) is 18.3 Å². The Kier molecular flexibility index (Phi) is 5.48. The molecule has 2 rings (SSSR count). The van der Waals surface area contributed by atoms with E-state index in [1.165, 1.54) is 29.1 Å². The van der Waals surface area contributed by atoms with E-state index in [0.29, 0.717) is 0 Å². The quantitative estimate of drug-likeness (QED) is 0.356. The Bertz CT molecular complexity index is 627. The van der Waals surface area contributed by atoms with Crippen LogP contribution in [-0.4, -0.2) is 53.0 Å². The van der Waals surface area contributed by atoms with Crippen LogP contribution in [0.25, 0.3) is 0 Å². The second kappa shape index (κ2) is 7.02. The predicted molar refractivity (Wildman–Crippen MR) is 73.9 cm³/mol. The molecule has 0 radical (unpaired) electrons. The van der Waals surface area contributed by atoms with E-state index < -0.39 is 44.9 Å².